The second kappa shape index (κ2) is 8.04. The van der Waals surface area contributed by atoms with E-state index < -0.39 is 0 Å². The number of nitrogens with one attached hydrogen (secondary N) is 1. The highest BCUT2D eigenvalue weighted by Gasteiger charge is 2.11. The molecule has 0 amide bonds. The second-order valence-electron chi connectivity index (χ2n) is 5.71. The van der Waals surface area contributed by atoms with E-state index in [0.717, 1.165) is 31.8 Å². The van der Waals surface area contributed by atoms with Gasteiger partial charge in [0.05, 0.1) is 6.61 Å². The van der Waals surface area contributed by atoms with Crippen molar-refractivity contribution in [1.29, 1.82) is 0 Å². The number of aromatic nitrogens is 1. The van der Waals surface area contributed by atoms with Crippen LogP contribution < -0.4 is 4.74 Å². The maximum Gasteiger partial charge on any atom is 0.120 e. The van der Waals surface area contributed by atoms with Crippen molar-refractivity contribution in [3.05, 3.63) is 42.1 Å². The van der Waals surface area contributed by atoms with Crippen LogP contribution in [0.4, 0.5) is 0 Å². The molecule has 3 nitrogen and oxygen atoms in total. The molecule has 1 N–H and O–H groups in total. The first-order valence-electron chi connectivity index (χ1n) is 8.26. The lowest BCUT2D eigenvalue weighted by molar-refractivity contribution is 0.307. The Labute approximate surface area is 134 Å². The average molecular weight is 300 g/mol. The smallest absolute Gasteiger partial charge is 0.120 e. The molecule has 0 saturated heterocycles. The number of hydrogen-bond donors (Lipinski definition) is 1. The summed E-state index contributed by atoms with van der Waals surface area (Å²) in [6, 6.07) is 6.31. The Bertz CT molecular complexity index is 615. The first kappa shape index (κ1) is 16.6. The molecular formula is C19H28N2O. The molecule has 0 radical (unpaired) electrons. The zero-order chi connectivity index (χ0) is 15.9. The van der Waals surface area contributed by atoms with E-state index in [9.17, 15) is 0 Å². The molecular weight excluding hydrogens is 272 g/mol. The summed E-state index contributed by atoms with van der Waals surface area (Å²) in [5.41, 5.74) is 3.86. The van der Waals surface area contributed by atoms with Crippen molar-refractivity contribution in [3.8, 4) is 5.75 Å². The molecule has 0 saturated carbocycles. The maximum absolute atomic E-state index is 5.64. The van der Waals surface area contributed by atoms with Crippen LogP contribution in [0.5, 0.6) is 5.75 Å². The molecule has 0 atom stereocenters. The number of rotatable bonds is 9. The van der Waals surface area contributed by atoms with Gasteiger partial charge in [-0.1, -0.05) is 13.0 Å². The van der Waals surface area contributed by atoms with E-state index in [-0.39, 0.29) is 0 Å². The van der Waals surface area contributed by atoms with E-state index >= 15 is 0 Å². The molecule has 22 heavy (non-hydrogen) atoms. The Morgan fingerprint density at radius 2 is 2.09 bits per heavy atom. The first-order chi connectivity index (χ1) is 10.7. The molecule has 0 bridgehead atoms. The van der Waals surface area contributed by atoms with E-state index in [1.807, 2.05) is 19.1 Å². The Morgan fingerprint density at radius 1 is 1.27 bits per heavy atom. The number of hydrogen-bond acceptors (Lipinski definition) is 2. The lowest BCUT2D eigenvalue weighted by Gasteiger charge is -2.19. The molecule has 1 aromatic carbocycles. The van der Waals surface area contributed by atoms with Crippen LogP contribution in [0.15, 0.2) is 30.9 Å². The highest BCUT2D eigenvalue weighted by atomic mass is 16.5. The summed E-state index contributed by atoms with van der Waals surface area (Å²) in [5, 5.41) is 1.29. The van der Waals surface area contributed by atoms with Gasteiger partial charge in [-0.3, -0.25) is 4.90 Å². The molecule has 3 heteroatoms. The summed E-state index contributed by atoms with van der Waals surface area (Å²) in [6.45, 7) is 14.1. The van der Waals surface area contributed by atoms with Crippen LogP contribution in [0.2, 0.25) is 0 Å². The normalized spacial score (nSPS) is 11.3. The third kappa shape index (κ3) is 3.92. The predicted molar refractivity (Wildman–Crippen MR) is 94.8 cm³/mol. The van der Waals surface area contributed by atoms with E-state index in [1.165, 1.54) is 28.6 Å². The van der Waals surface area contributed by atoms with Gasteiger partial charge in [0.25, 0.3) is 0 Å². The standard InChI is InChI=1S/C19H28N2O/c1-5-11-21(12-6-2)13-10-17-15(4)20-19-9-8-16(22-7-3)14-18(17)19/h5,8-9,14,20H,1,6-7,10-13H2,2-4H3. The molecule has 120 valence electrons. The quantitative estimate of drug-likeness (QED) is 0.699. The van der Waals surface area contributed by atoms with Crippen LogP contribution in [-0.4, -0.2) is 36.1 Å². The van der Waals surface area contributed by atoms with E-state index in [0.29, 0.717) is 6.61 Å². The lowest BCUT2D eigenvalue weighted by Crippen LogP contribution is -2.27. The van der Waals surface area contributed by atoms with E-state index in [2.05, 4.69) is 42.4 Å². The molecule has 1 heterocycles. The Hall–Kier alpha value is -1.74. The van der Waals surface area contributed by atoms with Crippen LogP contribution in [0, 0.1) is 6.92 Å². The topological polar surface area (TPSA) is 28.3 Å². The fourth-order valence-corrected chi connectivity index (χ4v) is 3.00. The van der Waals surface area contributed by atoms with Crippen molar-refractivity contribution in [2.45, 2.75) is 33.6 Å². The summed E-state index contributed by atoms with van der Waals surface area (Å²) in [7, 11) is 0. The summed E-state index contributed by atoms with van der Waals surface area (Å²) in [5.74, 6) is 0.951. The zero-order valence-electron chi connectivity index (χ0n) is 14.1. The number of ether oxygens (including phenoxy) is 1. The third-order valence-electron chi connectivity index (χ3n) is 4.01. The minimum Gasteiger partial charge on any atom is -0.494 e. The van der Waals surface area contributed by atoms with Crippen molar-refractivity contribution in [2.24, 2.45) is 0 Å². The third-order valence-corrected chi connectivity index (χ3v) is 4.01. The van der Waals surface area contributed by atoms with Gasteiger partial charge in [0, 0.05) is 29.7 Å². The number of fused-ring (bicyclic) bond motifs is 1. The van der Waals surface area contributed by atoms with Gasteiger partial charge in [-0.05, 0) is 57.0 Å². The summed E-state index contributed by atoms with van der Waals surface area (Å²) in [4.78, 5) is 5.95. The van der Waals surface area contributed by atoms with Gasteiger partial charge in [-0.25, -0.2) is 0 Å². The van der Waals surface area contributed by atoms with Crippen molar-refractivity contribution in [2.75, 3.05) is 26.2 Å². The largest absolute Gasteiger partial charge is 0.494 e. The molecule has 2 rings (SSSR count). The monoisotopic (exact) mass is 300 g/mol. The SMILES string of the molecule is C=CCN(CCC)CCc1c(C)[nH]c2ccc(OCC)cc12. The van der Waals surface area contributed by atoms with Crippen LogP contribution in [0.3, 0.4) is 0 Å². The number of aryl methyl sites for hydroxylation is 1. The molecule has 2 aromatic rings. The fourth-order valence-electron chi connectivity index (χ4n) is 3.00. The number of nitrogens with zero attached hydrogens (tertiary/aromatic N) is 1. The maximum atomic E-state index is 5.64. The number of aromatic amines is 1. The van der Waals surface area contributed by atoms with Crippen LogP contribution >= 0.6 is 0 Å². The lowest BCUT2D eigenvalue weighted by atomic mass is 10.1. The van der Waals surface area contributed by atoms with Gasteiger partial charge in [-0.2, -0.15) is 0 Å². The number of benzene rings is 1. The Morgan fingerprint density at radius 3 is 2.77 bits per heavy atom. The molecule has 1 aromatic heterocycles. The molecule has 0 aliphatic carbocycles. The van der Waals surface area contributed by atoms with Crippen molar-refractivity contribution >= 4 is 10.9 Å². The van der Waals surface area contributed by atoms with Gasteiger partial charge in [0.1, 0.15) is 5.75 Å². The van der Waals surface area contributed by atoms with E-state index in [4.69, 9.17) is 4.74 Å². The van der Waals surface area contributed by atoms with Gasteiger partial charge < -0.3 is 9.72 Å². The fraction of sp³-hybridized carbons (Fsp3) is 0.474. The zero-order valence-corrected chi connectivity index (χ0v) is 14.1. The van der Waals surface area contributed by atoms with Crippen LogP contribution in [0.1, 0.15) is 31.5 Å². The van der Waals surface area contributed by atoms with Gasteiger partial charge >= 0.3 is 0 Å². The molecule has 0 fully saturated rings. The number of H-pyrrole nitrogens is 1. The van der Waals surface area contributed by atoms with Crippen molar-refractivity contribution in [1.82, 2.24) is 9.88 Å². The molecule has 0 spiro atoms. The molecule has 0 unspecified atom stereocenters. The summed E-state index contributed by atoms with van der Waals surface area (Å²) in [6.07, 6.45) is 4.22. The average Bonchev–Trinajstić information content (AvgIpc) is 2.81. The van der Waals surface area contributed by atoms with Crippen molar-refractivity contribution < 1.29 is 4.74 Å². The minimum atomic E-state index is 0.702. The predicted octanol–water partition coefficient (Wildman–Crippen LogP) is 4.32. The highest BCUT2D eigenvalue weighted by molar-refractivity contribution is 5.86. The second-order valence-corrected chi connectivity index (χ2v) is 5.71. The van der Waals surface area contributed by atoms with Gasteiger partial charge in [0.2, 0.25) is 0 Å². The minimum absolute atomic E-state index is 0.702. The van der Waals surface area contributed by atoms with E-state index in [1.54, 1.807) is 0 Å². The molecule has 0 aliphatic rings. The van der Waals surface area contributed by atoms with Gasteiger partial charge in [-0.15, -0.1) is 6.58 Å². The Balaban J connectivity index is 2.19. The molecule has 0 aliphatic heterocycles. The van der Waals surface area contributed by atoms with Crippen LogP contribution in [-0.2, 0) is 6.42 Å². The van der Waals surface area contributed by atoms with Gasteiger partial charge in [0.15, 0.2) is 0 Å². The summed E-state index contributed by atoms with van der Waals surface area (Å²) < 4.78 is 5.64. The van der Waals surface area contributed by atoms with Crippen LogP contribution in [0.25, 0.3) is 10.9 Å². The first-order valence-corrected chi connectivity index (χ1v) is 8.26. The summed E-state index contributed by atoms with van der Waals surface area (Å²) >= 11 is 0. The Kier molecular flexibility index (Phi) is 6.08. The van der Waals surface area contributed by atoms with Crippen molar-refractivity contribution in [3.63, 3.8) is 0 Å². The highest BCUT2D eigenvalue weighted by Crippen LogP contribution is 2.27.